The number of nitrogens with zero attached hydrogens (tertiary/aromatic N) is 2. The van der Waals surface area contributed by atoms with Crippen LogP contribution in [-0.4, -0.2) is 33.9 Å². The van der Waals surface area contributed by atoms with Gasteiger partial charge in [-0.15, -0.1) is 0 Å². The molecule has 2 N–H and O–H groups in total. The molecule has 1 aromatic rings. The van der Waals surface area contributed by atoms with Crippen LogP contribution in [0.15, 0.2) is 6.33 Å². The Kier molecular flexibility index (Phi) is 3.84. The Morgan fingerprint density at radius 3 is 2.94 bits per heavy atom. The van der Waals surface area contributed by atoms with E-state index in [1.807, 2.05) is 13.4 Å². The van der Waals surface area contributed by atoms with Crippen LogP contribution >= 0.6 is 0 Å². The molecule has 17 heavy (non-hydrogen) atoms. The van der Waals surface area contributed by atoms with Gasteiger partial charge in [0.15, 0.2) is 0 Å². The van der Waals surface area contributed by atoms with Crippen LogP contribution in [0.2, 0.25) is 0 Å². The lowest BCUT2D eigenvalue weighted by Crippen LogP contribution is -2.44. The molecule has 4 nitrogen and oxygen atoms in total. The zero-order chi connectivity index (χ0) is 12.3. The fourth-order valence-corrected chi connectivity index (χ4v) is 2.37. The molecular weight excluding hydrogens is 214 g/mol. The Morgan fingerprint density at radius 2 is 2.24 bits per heavy atom. The maximum absolute atomic E-state index is 9.36. The van der Waals surface area contributed by atoms with Gasteiger partial charge in [0.05, 0.1) is 18.6 Å². The molecule has 1 aromatic heterocycles. The molecule has 1 aliphatic rings. The van der Waals surface area contributed by atoms with Crippen molar-refractivity contribution in [3.8, 4) is 0 Å². The smallest absolute Gasteiger partial charge is 0.0951 e. The lowest BCUT2D eigenvalue weighted by molar-refractivity contribution is 0.168. The molecule has 0 saturated carbocycles. The maximum atomic E-state index is 9.36. The van der Waals surface area contributed by atoms with Crippen LogP contribution in [0.25, 0.3) is 0 Å². The highest BCUT2D eigenvalue weighted by molar-refractivity contribution is 5.16. The molecule has 4 heteroatoms. The summed E-state index contributed by atoms with van der Waals surface area (Å²) in [7, 11) is 1.90. The summed E-state index contributed by atoms with van der Waals surface area (Å²) >= 11 is 0. The SMILES string of the molecule is CNC(C)(CO)CCn1cnc2c1CCCC2. The van der Waals surface area contributed by atoms with Crippen molar-refractivity contribution in [2.45, 2.75) is 51.1 Å². The number of fused-ring (bicyclic) bond motifs is 1. The number of hydrogen-bond donors (Lipinski definition) is 2. The van der Waals surface area contributed by atoms with Crippen molar-refractivity contribution in [3.63, 3.8) is 0 Å². The number of likely N-dealkylation sites (N-methyl/N-ethyl adjacent to an activating group) is 1. The molecule has 0 saturated heterocycles. The summed E-state index contributed by atoms with van der Waals surface area (Å²) < 4.78 is 2.26. The lowest BCUT2D eigenvalue weighted by Gasteiger charge is -2.27. The zero-order valence-electron chi connectivity index (χ0n) is 10.9. The van der Waals surface area contributed by atoms with Gasteiger partial charge in [-0.25, -0.2) is 4.98 Å². The van der Waals surface area contributed by atoms with Crippen LogP contribution in [0.4, 0.5) is 0 Å². The van der Waals surface area contributed by atoms with Gasteiger partial charge in [-0.2, -0.15) is 0 Å². The fourth-order valence-electron chi connectivity index (χ4n) is 2.37. The summed E-state index contributed by atoms with van der Waals surface area (Å²) in [5.41, 5.74) is 2.50. The van der Waals surface area contributed by atoms with Gasteiger partial charge < -0.3 is 15.0 Å². The summed E-state index contributed by atoms with van der Waals surface area (Å²) in [6.07, 6.45) is 7.72. The topological polar surface area (TPSA) is 50.1 Å². The second-order valence-corrected chi connectivity index (χ2v) is 5.26. The molecule has 0 spiro atoms. The van der Waals surface area contributed by atoms with Gasteiger partial charge in [-0.3, -0.25) is 0 Å². The largest absolute Gasteiger partial charge is 0.394 e. The monoisotopic (exact) mass is 237 g/mol. The van der Waals surface area contributed by atoms with Crippen molar-refractivity contribution in [2.75, 3.05) is 13.7 Å². The van der Waals surface area contributed by atoms with Gasteiger partial charge in [0, 0.05) is 17.8 Å². The predicted octanol–water partition coefficient (Wildman–Crippen LogP) is 1.12. The molecule has 96 valence electrons. The highest BCUT2D eigenvalue weighted by atomic mass is 16.3. The third-order valence-electron chi connectivity index (χ3n) is 3.97. The van der Waals surface area contributed by atoms with Gasteiger partial charge in [0.2, 0.25) is 0 Å². The number of aryl methyl sites for hydroxylation is 2. The molecule has 0 radical (unpaired) electrons. The normalized spacial score (nSPS) is 18.8. The van der Waals surface area contributed by atoms with Crippen LogP contribution in [-0.2, 0) is 19.4 Å². The molecule has 0 fully saturated rings. The number of hydrogen-bond acceptors (Lipinski definition) is 3. The van der Waals surface area contributed by atoms with Crippen molar-refractivity contribution in [1.82, 2.24) is 14.9 Å². The Morgan fingerprint density at radius 1 is 1.47 bits per heavy atom. The average molecular weight is 237 g/mol. The number of nitrogens with one attached hydrogen (secondary N) is 1. The summed E-state index contributed by atoms with van der Waals surface area (Å²) in [5.74, 6) is 0. The van der Waals surface area contributed by atoms with Gasteiger partial charge in [-0.05, 0) is 46.1 Å². The van der Waals surface area contributed by atoms with Crippen molar-refractivity contribution in [3.05, 3.63) is 17.7 Å². The Bertz CT molecular complexity index is 369. The minimum atomic E-state index is -0.189. The molecule has 1 aliphatic carbocycles. The first-order valence-corrected chi connectivity index (χ1v) is 6.51. The van der Waals surface area contributed by atoms with Gasteiger partial charge in [0.1, 0.15) is 0 Å². The van der Waals surface area contributed by atoms with E-state index in [1.165, 1.54) is 24.2 Å². The van der Waals surface area contributed by atoms with Gasteiger partial charge >= 0.3 is 0 Å². The van der Waals surface area contributed by atoms with Crippen molar-refractivity contribution in [2.24, 2.45) is 0 Å². The molecule has 0 aliphatic heterocycles. The minimum Gasteiger partial charge on any atom is -0.394 e. The predicted molar refractivity (Wildman–Crippen MR) is 68.0 cm³/mol. The lowest BCUT2D eigenvalue weighted by atomic mass is 9.98. The van der Waals surface area contributed by atoms with E-state index >= 15 is 0 Å². The van der Waals surface area contributed by atoms with E-state index in [4.69, 9.17) is 0 Å². The third kappa shape index (κ3) is 2.69. The van der Waals surface area contributed by atoms with E-state index in [2.05, 4.69) is 21.8 Å². The van der Waals surface area contributed by atoms with E-state index < -0.39 is 0 Å². The molecule has 0 amide bonds. The first-order chi connectivity index (χ1) is 8.18. The third-order valence-corrected chi connectivity index (χ3v) is 3.97. The van der Waals surface area contributed by atoms with E-state index in [-0.39, 0.29) is 12.1 Å². The quantitative estimate of drug-likeness (QED) is 0.807. The fraction of sp³-hybridized carbons (Fsp3) is 0.769. The number of rotatable bonds is 5. The van der Waals surface area contributed by atoms with E-state index in [0.29, 0.717) is 0 Å². The highest BCUT2D eigenvalue weighted by Crippen LogP contribution is 2.21. The number of aliphatic hydroxyl groups excluding tert-OH is 1. The molecule has 0 bridgehead atoms. The van der Waals surface area contributed by atoms with Crippen molar-refractivity contribution in [1.29, 1.82) is 0 Å². The van der Waals surface area contributed by atoms with Gasteiger partial charge in [-0.1, -0.05) is 0 Å². The molecule has 0 aromatic carbocycles. The van der Waals surface area contributed by atoms with Crippen LogP contribution in [0.5, 0.6) is 0 Å². The summed E-state index contributed by atoms with van der Waals surface area (Å²) in [4.78, 5) is 4.49. The van der Waals surface area contributed by atoms with Crippen molar-refractivity contribution < 1.29 is 5.11 Å². The molecule has 2 rings (SSSR count). The van der Waals surface area contributed by atoms with E-state index in [1.54, 1.807) is 0 Å². The molecule has 1 unspecified atom stereocenters. The van der Waals surface area contributed by atoms with Crippen LogP contribution in [0, 0.1) is 0 Å². The second-order valence-electron chi connectivity index (χ2n) is 5.26. The molecule has 1 atom stereocenters. The van der Waals surface area contributed by atoms with Crippen molar-refractivity contribution >= 4 is 0 Å². The average Bonchev–Trinajstić information content (AvgIpc) is 2.79. The Hall–Kier alpha value is -0.870. The standard InChI is InChI=1S/C13H23N3O/c1-13(9-17,14-2)7-8-16-10-15-11-5-3-4-6-12(11)16/h10,14,17H,3-9H2,1-2H3. The van der Waals surface area contributed by atoms with E-state index in [0.717, 1.165) is 25.8 Å². The molecule has 1 heterocycles. The summed E-state index contributed by atoms with van der Waals surface area (Å²) in [6, 6.07) is 0. The number of aliphatic hydroxyl groups is 1. The van der Waals surface area contributed by atoms with Crippen LogP contribution in [0.3, 0.4) is 0 Å². The first-order valence-electron chi connectivity index (χ1n) is 6.51. The Balaban J connectivity index is 2.02. The number of imidazole rings is 1. The number of aromatic nitrogens is 2. The highest BCUT2D eigenvalue weighted by Gasteiger charge is 2.22. The minimum absolute atomic E-state index is 0.167. The van der Waals surface area contributed by atoms with E-state index in [9.17, 15) is 5.11 Å². The maximum Gasteiger partial charge on any atom is 0.0951 e. The summed E-state index contributed by atoms with van der Waals surface area (Å²) in [6.45, 7) is 3.15. The van der Waals surface area contributed by atoms with Gasteiger partial charge in [0.25, 0.3) is 0 Å². The zero-order valence-corrected chi connectivity index (χ0v) is 10.9. The summed E-state index contributed by atoms with van der Waals surface area (Å²) in [5, 5.41) is 12.6. The molecular formula is C13H23N3O. The Labute approximate surface area is 103 Å². The first kappa shape index (κ1) is 12.6. The van der Waals surface area contributed by atoms with Crippen LogP contribution in [0.1, 0.15) is 37.6 Å². The second kappa shape index (κ2) is 5.19. The van der Waals surface area contributed by atoms with Crippen LogP contribution < -0.4 is 5.32 Å².